The second-order valence-corrected chi connectivity index (χ2v) is 3.50. The van der Waals surface area contributed by atoms with E-state index < -0.39 is 18.7 Å². The van der Waals surface area contributed by atoms with Gasteiger partial charge in [0.05, 0.1) is 12.2 Å². The van der Waals surface area contributed by atoms with E-state index >= 15 is 0 Å². The van der Waals surface area contributed by atoms with E-state index in [0.29, 0.717) is 5.82 Å². The van der Waals surface area contributed by atoms with Crippen LogP contribution in [0.25, 0.3) is 0 Å². The molecule has 4 N–H and O–H groups in total. The number of carbonyl (C=O) groups excluding carboxylic acids is 1. The summed E-state index contributed by atoms with van der Waals surface area (Å²) in [6.07, 6.45) is -3.07. The lowest BCUT2D eigenvalue weighted by Gasteiger charge is -2.08. The van der Waals surface area contributed by atoms with Crippen LogP contribution in [0.2, 0.25) is 0 Å². The van der Waals surface area contributed by atoms with E-state index in [9.17, 15) is 18.0 Å². The van der Waals surface area contributed by atoms with E-state index in [-0.39, 0.29) is 18.7 Å². The topological polar surface area (TPSA) is 89.3 Å². The summed E-state index contributed by atoms with van der Waals surface area (Å²) in [5.41, 5.74) is 2.57. The molecule has 1 aromatic heterocycles. The molecule has 1 aromatic rings. The number of hydrogen-bond acceptors (Lipinski definition) is 5. The standard InChI is InChI=1S/C10H13F3N4O2/c11-10(12,13)6-19-4-3-15-9(18)7-1-2-8(17-14)16-5-7/h1-2,5H,3-4,6,14H2,(H,15,18)(H,16,17). The van der Waals surface area contributed by atoms with Gasteiger partial charge in [-0.15, -0.1) is 0 Å². The van der Waals surface area contributed by atoms with Crippen LogP contribution in [-0.2, 0) is 4.74 Å². The number of nitrogens with zero attached hydrogens (tertiary/aromatic N) is 1. The third-order valence-corrected chi connectivity index (χ3v) is 1.97. The van der Waals surface area contributed by atoms with Crippen molar-refractivity contribution in [1.82, 2.24) is 10.3 Å². The predicted octanol–water partition coefficient (Wildman–Crippen LogP) is 0.676. The van der Waals surface area contributed by atoms with Gasteiger partial charge in [-0.3, -0.25) is 4.79 Å². The van der Waals surface area contributed by atoms with Crippen molar-refractivity contribution >= 4 is 11.7 Å². The number of nitrogens with one attached hydrogen (secondary N) is 2. The lowest BCUT2D eigenvalue weighted by Crippen LogP contribution is -2.29. The maximum Gasteiger partial charge on any atom is 0.411 e. The van der Waals surface area contributed by atoms with Crippen molar-refractivity contribution in [3.63, 3.8) is 0 Å². The average molecular weight is 278 g/mol. The number of ether oxygens (including phenoxy) is 1. The van der Waals surface area contributed by atoms with Crippen LogP contribution in [0.3, 0.4) is 0 Å². The Morgan fingerprint density at radius 1 is 1.42 bits per heavy atom. The monoisotopic (exact) mass is 278 g/mol. The van der Waals surface area contributed by atoms with E-state index in [4.69, 9.17) is 5.84 Å². The fraction of sp³-hybridized carbons (Fsp3) is 0.400. The van der Waals surface area contributed by atoms with Crippen molar-refractivity contribution in [1.29, 1.82) is 0 Å². The third kappa shape index (κ3) is 6.02. The van der Waals surface area contributed by atoms with Crippen LogP contribution >= 0.6 is 0 Å². The third-order valence-electron chi connectivity index (χ3n) is 1.97. The van der Waals surface area contributed by atoms with E-state index in [1.807, 2.05) is 0 Å². The Balaban J connectivity index is 2.27. The molecule has 0 saturated heterocycles. The largest absolute Gasteiger partial charge is 0.411 e. The molecule has 1 amide bonds. The highest BCUT2D eigenvalue weighted by atomic mass is 19.4. The molecule has 1 rings (SSSR count). The van der Waals surface area contributed by atoms with Gasteiger partial charge in [0.15, 0.2) is 0 Å². The number of halogens is 3. The first-order chi connectivity index (χ1) is 8.92. The minimum Gasteiger partial charge on any atom is -0.370 e. The van der Waals surface area contributed by atoms with E-state index in [0.717, 1.165) is 0 Å². The molecule has 0 fully saturated rings. The summed E-state index contributed by atoms with van der Waals surface area (Å²) < 4.78 is 39.6. The smallest absolute Gasteiger partial charge is 0.370 e. The van der Waals surface area contributed by atoms with Crippen LogP contribution in [0.15, 0.2) is 18.3 Å². The van der Waals surface area contributed by atoms with Gasteiger partial charge in [-0.2, -0.15) is 13.2 Å². The summed E-state index contributed by atoms with van der Waals surface area (Å²) in [5, 5.41) is 2.40. The Morgan fingerprint density at radius 2 is 2.16 bits per heavy atom. The highest BCUT2D eigenvalue weighted by molar-refractivity contribution is 5.93. The first-order valence-corrected chi connectivity index (χ1v) is 5.28. The van der Waals surface area contributed by atoms with Crippen LogP contribution in [0.5, 0.6) is 0 Å². The van der Waals surface area contributed by atoms with Crippen molar-refractivity contribution in [3.05, 3.63) is 23.9 Å². The molecular weight excluding hydrogens is 265 g/mol. The Morgan fingerprint density at radius 3 is 2.68 bits per heavy atom. The molecule has 1 heterocycles. The molecule has 106 valence electrons. The van der Waals surface area contributed by atoms with Gasteiger partial charge in [-0.25, -0.2) is 10.8 Å². The number of carbonyl (C=O) groups is 1. The fourth-order valence-corrected chi connectivity index (χ4v) is 1.14. The molecule has 0 aliphatic rings. The summed E-state index contributed by atoms with van der Waals surface area (Å²) in [7, 11) is 0. The summed E-state index contributed by atoms with van der Waals surface area (Å²) in [6, 6.07) is 2.98. The van der Waals surface area contributed by atoms with Crippen LogP contribution in [-0.4, -0.2) is 36.8 Å². The Labute approximate surface area is 107 Å². The van der Waals surface area contributed by atoms with Gasteiger partial charge in [0.1, 0.15) is 12.4 Å². The lowest BCUT2D eigenvalue weighted by molar-refractivity contribution is -0.173. The van der Waals surface area contributed by atoms with E-state index in [1.165, 1.54) is 18.3 Å². The second-order valence-electron chi connectivity index (χ2n) is 3.50. The first-order valence-electron chi connectivity index (χ1n) is 5.28. The number of nitrogen functional groups attached to an aromatic ring is 1. The average Bonchev–Trinajstić information content (AvgIpc) is 2.37. The Kier molecular flexibility index (Phi) is 5.52. The molecule has 0 radical (unpaired) electrons. The van der Waals surface area contributed by atoms with Crippen LogP contribution in [0.1, 0.15) is 10.4 Å². The molecular formula is C10H13F3N4O2. The number of anilines is 1. The normalized spacial score (nSPS) is 11.2. The number of pyridine rings is 1. The van der Waals surface area contributed by atoms with Gasteiger partial charge in [-0.1, -0.05) is 0 Å². The predicted molar refractivity (Wildman–Crippen MR) is 61.3 cm³/mol. The lowest BCUT2D eigenvalue weighted by atomic mass is 10.2. The molecule has 0 saturated carbocycles. The minimum absolute atomic E-state index is 0.0220. The fourth-order valence-electron chi connectivity index (χ4n) is 1.14. The molecule has 0 aliphatic carbocycles. The molecule has 0 bridgehead atoms. The molecule has 0 aliphatic heterocycles. The minimum atomic E-state index is -4.36. The summed E-state index contributed by atoms with van der Waals surface area (Å²) in [6.45, 7) is -1.58. The molecule has 6 nitrogen and oxygen atoms in total. The van der Waals surface area contributed by atoms with Crippen molar-refractivity contribution in [2.75, 3.05) is 25.2 Å². The first kappa shape index (κ1) is 15.2. The summed E-state index contributed by atoms with van der Waals surface area (Å²) >= 11 is 0. The number of nitrogens with two attached hydrogens (primary N) is 1. The van der Waals surface area contributed by atoms with Crippen molar-refractivity contribution in [3.8, 4) is 0 Å². The quantitative estimate of drug-likeness (QED) is 0.404. The van der Waals surface area contributed by atoms with Crippen LogP contribution in [0.4, 0.5) is 19.0 Å². The van der Waals surface area contributed by atoms with Gasteiger partial charge in [-0.05, 0) is 12.1 Å². The van der Waals surface area contributed by atoms with Crippen LogP contribution < -0.4 is 16.6 Å². The van der Waals surface area contributed by atoms with Crippen LogP contribution in [0, 0.1) is 0 Å². The molecule has 19 heavy (non-hydrogen) atoms. The molecule has 0 spiro atoms. The number of amides is 1. The van der Waals surface area contributed by atoms with Crippen molar-refractivity contribution in [2.24, 2.45) is 5.84 Å². The van der Waals surface area contributed by atoms with Gasteiger partial charge in [0.2, 0.25) is 0 Å². The number of hydrazine groups is 1. The molecule has 0 unspecified atom stereocenters. The Hall–Kier alpha value is -1.87. The SMILES string of the molecule is NNc1ccc(C(=O)NCCOCC(F)(F)F)cn1. The van der Waals surface area contributed by atoms with Crippen molar-refractivity contribution in [2.45, 2.75) is 6.18 Å². The summed E-state index contributed by atoms with van der Waals surface area (Å²) in [4.78, 5) is 15.3. The van der Waals surface area contributed by atoms with Gasteiger partial charge < -0.3 is 15.5 Å². The Bertz CT molecular complexity index is 408. The van der Waals surface area contributed by atoms with E-state index in [2.05, 4.69) is 20.5 Å². The highest BCUT2D eigenvalue weighted by Crippen LogP contribution is 2.13. The van der Waals surface area contributed by atoms with Crippen molar-refractivity contribution < 1.29 is 22.7 Å². The number of alkyl halides is 3. The zero-order valence-corrected chi connectivity index (χ0v) is 9.83. The summed E-state index contributed by atoms with van der Waals surface area (Å²) in [5.74, 6) is 5.04. The number of rotatable bonds is 6. The highest BCUT2D eigenvalue weighted by Gasteiger charge is 2.27. The zero-order valence-electron chi connectivity index (χ0n) is 9.83. The molecule has 0 aromatic carbocycles. The van der Waals surface area contributed by atoms with Gasteiger partial charge >= 0.3 is 6.18 Å². The second kappa shape index (κ2) is 6.90. The number of hydrogen-bond donors (Lipinski definition) is 3. The molecule has 0 atom stereocenters. The zero-order chi connectivity index (χ0) is 14.3. The van der Waals surface area contributed by atoms with E-state index in [1.54, 1.807) is 0 Å². The maximum atomic E-state index is 11.7. The van der Waals surface area contributed by atoms with Gasteiger partial charge in [0, 0.05) is 12.7 Å². The maximum absolute atomic E-state index is 11.7. The number of aromatic nitrogens is 1. The molecule has 9 heteroatoms. The van der Waals surface area contributed by atoms with Gasteiger partial charge in [0.25, 0.3) is 5.91 Å².